The fourth-order valence-electron chi connectivity index (χ4n) is 4.25. The van der Waals surface area contributed by atoms with Crippen LogP contribution in [0.5, 0.6) is 0 Å². The highest BCUT2D eigenvalue weighted by molar-refractivity contribution is 5.79. The molecule has 32 heavy (non-hydrogen) atoms. The highest BCUT2D eigenvalue weighted by Crippen LogP contribution is 2.44. The first-order valence-corrected chi connectivity index (χ1v) is 10.6. The van der Waals surface area contributed by atoms with Gasteiger partial charge in [-0.05, 0) is 41.7 Å². The van der Waals surface area contributed by atoms with Gasteiger partial charge < -0.3 is 25.3 Å². The third kappa shape index (κ3) is 4.44. The molecule has 4 N–H and O–H groups in total. The van der Waals surface area contributed by atoms with E-state index in [0.717, 1.165) is 22.3 Å². The number of aromatic amines is 1. The van der Waals surface area contributed by atoms with E-state index in [9.17, 15) is 19.8 Å². The summed E-state index contributed by atoms with van der Waals surface area (Å²) in [6.07, 6.45) is -2.72. The Morgan fingerprint density at radius 1 is 1.03 bits per heavy atom. The summed E-state index contributed by atoms with van der Waals surface area (Å²) in [5.41, 5.74) is 5.25. The number of alkyl carbamates (subject to hydrolysis) is 1. The standard InChI is InChI=1S/C25H26N2O5/c1-15-16(10-11-23(29)27-15)24(30)22(28)12-13-26-25(31)32-14-21-19-8-4-2-6-17(19)18-7-3-5-9-20(18)21/h2-11,21-22,24,28,30H,12-14H2,1H3,(H,26,31)(H,27,29). The van der Waals surface area contributed by atoms with Gasteiger partial charge in [-0.25, -0.2) is 4.79 Å². The number of rotatable bonds is 7. The molecule has 1 amide bonds. The number of fused-ring (bicyclic) bond motifs is 3. The van der Waals surface area contributed by atoms with Crippen LogP contribution in [0.15, 0.2) is 65.5 Å². The number of aliphatic hydroxyl groups is 2. The average Bonchev–Trinajstić information content (AvgIpc) is 3.11. The van der Waals surface area contributed by atoms with Crippen molar-refractivity contribution in [3.63, 3.8) is 0 Å². The third-order valence-corrected chi connectivity index (χ3v) is 5.89. The smallest absolute Gasteiger partial charge is 0.407 e. The van der Waals surface area contributed by atoms with E-state index in [1.165, 1.54) is 12.1 Å². The molecule has 0 fully saturated rings. The number of aromatic nitrogens is 1. The second-order valence-electron chi connectivity index (χ2n) is 7.96. The van der Waals surface area contributed by atoms with Gasteiger partial charge in [0.2, 0.25) is 5.56 Å². The first kappa shape index (κ1) is 21.8. The van der Waals surface area contributed by atoms with Crippen LogP contribution in [0.4, 0.5) is 4.79 Å². The van der Waals surface area contributed by atoms with E-state index in [1.54, 1.807) is 6.92 Å². The fourth-order valence-corrected chi connectivity index (χ4v) is 4.25. The van der Waals surface area contributed by atoms with Gasteiger partial charge in [0.15, 0.2) is 0 Å². The van der Waals surface area contributed by atoms with Crippen LogP contribution in [0.25, 0.3) is 11.1 Å². The normalized spacial score (nSPS) is 14.3. The molecule has 2 aromatic carbocycles. The first-order chi connectivity index (χ1) is 15.5. The van der Waals surface area contributed by atoms with E-state index in [0.29, 0.717) is 11.3 Å². The maximum atomic E-state index is 12.2. The molecule has 2 unspecified atom stereocenters. The van der Waals surface area contributed by atoms with Gasteiger partial charge in [-0.2, -0.15) is 0 Å². The van der Waals surface area contributed by atoms with Crippen molar-refractivity contribution in [2.75, 3.05) is 13.2 Å². The van der Waals surface area contributed by atoms with Crippen LogP contribution in [-0.4, -0.2) is 40.5 Å². The molecule has 4 rings (SSSR count). The summed E-state index contributed by atoms with van der Waals surface area (Å²) < 4.78 is 5.46. The zero-order valence-corrected chi connectivity index (χ0v) is 17.7. The van der Waals surface area contributed by atoms with Crippen LogP contribution in [0, 0.1) is 6.92 Å². The highest BCUT2D eigenvalue weighted by Gasteiger charge is 2.29. The van der Waals surface area contributed by atoms with Crippen molar-refractivity contribution in [2.45, 2.75) is 31.5 Å². The summed E-state index contributed by atoms with van der Waals surface area (Å²) >= 11 is 0. The molecule has 7 nitrogen and oxygen atoms in total. The molecule has 0 saturated heterocycles. The molecular weight excluding hydrogens is 408 g/mol. The molecule has 3 aromatic rings. The molecule has 1 aromatic heterocycles. The molecule has 0 radical (unpaired) electrons. The Labute approximate surface area is 185 Å². The Morgan fingerprint density at radius 2 is 1.66 bits per heavy atom. The monoisotopic (exact) mass is 434 g/mol. The maximum Gasteiger partial charge on any atom is 0.407 e. The number of aryl methyl sites for hydroxylation is 1. The molecule has 1 aliphatic rings. The number of amides is 1. The first-order valence-electron chi connectivity index (χ1n) is 10.6. The number of ether oxygens (including phenoxy) is 1. The molecule has 166 valence electrons. The minimum Gasteiger partial charge on any atom is -0.449 e. The number of benzene rings is 2. The minimum absolute atomic E-state index is 0.0243. The number of hydrogen-bond donors (Lipinski definition) is 4. The maximum absolute atomic E-state index is 12.2. The topological polar surface area (TPSA) is 112 Å². The van der Waals surface area contributed by atoms with Crippen LogP contribution in [0.2, 0.25) is 0 Å². The van der Waals surface area contributed by atoms with Crippen molar-refractivity contribution < 1.29 is 19.7 Å². The molecule has 1 aliphatic carbocycles. The predicted octanol–water partition coefficient (Wildman–Crippen LogP) is 3.01. The van der Waals surface area contributed by atoms with Crippen LogP contribution in [-0.2, 0) is 4.74 Å². The predicted molar refractivity (Wildman–Crippen MR) is 120 cm³/mol. The largest absolute Gasteiger partial charge is 0.449 e. The van der Waals surface area contributed by atoms with E-state index < -0.39 is 18.3 Å². The van der Waals surface area contributed by atoms with Crippen molar-refractivity contribution in [1.29, 1.82) is 0 Å². The summed E-state index contributed by atoms with van der Waals surface area (Å²) in [5.74, 6) is -0.0243. The number of H-pyrrole nitrogens is 1. The van der Waals surface area contributed by atoms with Gasteiger partial charge in [0, 0.05) is 29.8 Å². The second-order valence-corrected chi connectivity index (χ2v) is 7.96. The van der Waals surface area contributed by atoms with Gasteiger partial charge >= 0.3 is 6.09 Å². The Kier molecular flexibility index (Phi) is 6.39. The van der Waals surface area contributed by atoms with E-state index in [-0.39, 0.29) is 31.0 Å². The van der Waals surface area contributed by atoms with Gasteiger partial charge in [-0.15, -0.1) is 0 Å². The number of pyridine rings is 1. The quantitative estimate of drug-likeness (QED) is 0.457. The number of nitrogens with one attached hydrogen (secondary N) is 2. The summed E-state index contributed by atoms with van der Waals surface area (Å²) in [6.45, 7) is 2.00. The lowest BCUT2D eigenvalue weighted by Gasteiger charge is -2.20. The Hall–Kier alpha value is -3.42. The summed E-state index contributed by atoms with van der Waals surface area (Å²) in [7, 11) is 0. The number of carbonyl (C=O) groups is 1. The Morgan fingerprint density at radius 3 is 2.28 bits per heavy atom. The van der Waals surface area contributed by atoms with Crippen molar-refractivity contribution in [2.24, 2.45) is 0 Å². The third-order valence-electron chi connectivity index (χ3n) is 5.89. The van der Waals surface area contributed by atoms with Gasteiger partial charge in [0.1, 0.15) is 12.7 Å². The lowest BCUT2D eigenvalue weighted by Crippen LogP contribution is -2.31. The molecule has 0 saturated carbocycles. The van der Waals surface area contributed by atoms with Crippen LogP contribution < -0.4 is 10.9 Å². The molecule has 0 bridgehead atoms. The van der Waals surface area contributed by atoms with Crippen molar-refractivity contribution >= 4 is 6.09 Å². The van der Waals surface area contributed by atoms with E-state index in [1.807, 2.05) is 24.3 Å². The Bertz CT molecular complexity index is 1130. The Balaban J connectivity index is 1.29. The SMILES string of the molecule is Cc1[nH]c(=O)ccc1C(O)C(O)CCNC(=O)OCC1c2ccccc2-c2ccccc21. The zero-order chi connectivity index (χ0) is 22.7. The van der Waals surface area contributed by atoms with Crippen molar-refractivity contribution in [1.82, 2.24) is 10.3 Å². The van der Waals surface area contributed by atoms with Crippen molar-refractivity contribution in [3.8, 4) is 11.1 Å². The van der Waals surface area contributed by atoms with Gasteiger partial charge in [0.25, 0.3) is 0 Å². The van der Waals surface area contributed by atoms with E-state index >= 15 is 0 Å². The molecule has 0 spiro atoms. The second kappa shape index (κ2) is 9.38. The number of hydrogen-bond acceptors (Lipinski definition) is 5. The molecule has 7 heteroatoms. The average molecular weight is 434 g/mol. The zero-order valence-electron chi connectivity index (χ0n) is 17.7. The van der Waals surface area contributed by atoms with Crippen LogP contribution >= 0.6 is 0 Å². The summed E-state index contributed by atoms with van der Waals surface area (Å²) in [4.78, 5) is 26.1. The fraction of sp³-hybridized carbons (Fsp3) is 0.280. The number of aliphatic hydroxyl groups excluding tert-OH is 2. The molecule has 2 atom stereocenters. The minimum atomic E-state index is -1.17. The lowest BCUT2D eigenvalue weighted by atomic mass is 9.98. The summed E-state index contributed by atoms with van der Waals surface area (Å²) in [6, 6.07) is 19.0. The van der Waals surface area contributed by atoms with Gasteiger partial charge in [-0.3, -0.25) is 4.79 Å². The van der Waals surface area contributed by atoms with E-state index in [4.69, 9.17) is 4.74 Å². The lowest BCUT2D eigenvalue weighted by molar-refractivity contribution is 0.0130. The van der Waals surface area contributed by atoms with Crippen LogP contribution in [0.1, 0.15) is 40.8 Å². The van der Waals surface area contributed by atoms with Crippen molar-refractivity contribution in [3.05, 3.63) is 93.4 Å². The molecule has 0 aliphatic heterocycles. The number of carbonyl (C=O) groups excluding carboxylic acids is 1. The van der Waals surface area contributed by atoms with Crippen LogP contribution in [0.3, 0.4) is 0 Å². The van der Waals surface area contributed by atoms with E-state index in [2.05, 4.69) is 34.6 Å². The molecule has 1 heterocycles. The van der Waals surface area contributed by atoms with Gasteiger partial charge in [0.05, 0.1) is 6.10 Å². The highest BCUT2D eigenvalue weighted by atomic mass is 16.5. The summed E-state index contributed by atoms with van der Waals surface area (Å²) in [5, 5.41) is 23.2. The molecular formula is C25H26N2O5. The van der Waals surface area contributed by atoms with Gasteiger partial charge in [-0.1, -0.05) is 48.5 Å².